The Kier molecular flexibility index (Phi) is 10.4. The number of imide groups is 1. The van der Waals surface area contributed by atoms with Crippen molar-refractivity contribution in [3.8, 4) is 17.1 Å². The van der Waals surface area contributed by atoms with E-state index in [1.807, 2.05) is 24.3 Å². The van der Waals surface area contributed by atoms with Crippen LogP contribution in [-0.4, -0.2) is 104 Å². The lowest BCUT2D eigenvalue weighted by atomic mass is 10.1. The van der Waals surface area contributed by atoms with Crippen LogP contribution in [0, 0.1) is 0 Å². The van der Waals surface area contributed by atoms with Gasteiger partial charge in [-0.25, -0.2) is 38.2 Å². The summed E-state index contributed by atoms with van der Waals surface area (Å²) in [4.78, 5) is 62.3. The van der Waals surface area contributed by atoms with Crippen molar-refractivity contribution in [2.75, 3.05) is 54.8 Å². The minimum Gasteiger partial charge on any atom is -0.444 e. The summed E-state index contributed by atoms with van der Waals surface area (Å²) in [6.45, 7) is 2.66. The Morgan fingerprint density at radius 3 is 2.42 bits per heavy atom. The molecule has 0 saturated carbocycles. The molecule has 2 aromatic carbocycles. The smallest absolute Gasteiger partial charge is 0.405 e. The maximum absolute atomic E-state index is 14.1. The minimum absolute atomic E-state index is 0.0972. The molecule has 6 heterocycles. The molecule has 0 spiro atoms. The fraction of sp³-hybridized carbons (Fsp3) is 0.289. The van der Waals surface area contributed by atoms with E-state index in [1.165, 1.54) is 39.2 Å². The molecule has 3 N–H and O–H groups in total. The molecule has 5 aromatic rings. The van der Waals surface area contributed by atoms with Gasteiger partial charge in [0, 0.05) is 62.2 Å². The van der Waals surface area contributed by atoms with Gasteiger partial charge in [-0.1, -0.05) is 12.1 Å². The first-order valence-electron chi connectivity index (χ1n) is 18.3. The Morgan fingerprint density at radius 1 is 0.932 bits per heavy atom. The molecule has 3 aliphatic rings. The van der Waals surface area contributed by atoms with Crippen LogP contribution in [0.3, 0.4) is 0 Å². The lowest BCUT2D eigenvalue weighted by molar-refractivity contribution is -0.123. The molecule has 2 saturated heterocycles. The van der Waals surface area contributed by atoms with Crippen LogP contribution in [0.1, 0.15) is 50.5 Å². The van der Waals surface area contributed by atoms with Gasteiger partial charge in [0.25, 0.3) is 18.2 Å². The number of nitrogens with one attached hydrogen (secondary N) is 3. The Morgan fingerprint density at radius 2 is 1.69 bits per heavy atom. The normalized spacial score (nSPS) is 16.2. The summed E-state index contributed by atoms with van der Waals surface area (Å²) in [6.07, 6.45) is -3.89. The number of benzene rings is 2. The number of pyridine rings is 1. The second-order valence-electron chi connectivity index (χ2n) is 13.9. The molecule has 3 aliphatic heterocycles. The number of hydrogen-bond acceptors (Lipinski definition) is 11. The van der Waals surface area contributed by atoms with Crippen LogP contribution < -0.4 is 20.9 Å². The molecule has 21 heteroatoms. The monoisotopic (exact) mass is 819 g/mol. The van der Waals surface area contributed by atoms with E-state index in [0.29, 0.717) is 30.9 Å². The summed E-state index contributed by atoms with van der Waals surface area (Å²) < 4.78 is 72.5. The van der Waals surface area contributed by atoms with E-state index in [4.69, 9.17) is 4.42 Å². The van der Waals surface area contributed by atoms with Gasteiger partial charge < -0.3 is 20.0 Å². The van der Waals surface area contributed by atoms with Gasteiger partial charge in [-0.2, -0.15) is 18.3 Å². The van der Waals surface area contributed by atoms with E-state index in [0.717, 1.165) is 36.2 Å². The number of carbonyl (C=O) groups excluding carboxylic acids is 4. The van der Waals surface area contributed by atoms with E-state index in [-0.39, 0.29) is 60.0 Å². The topological polar surface area (TPSA) is 174 Å². The van der Waals surface area contributed by atoms with Crippen LogP contribution in [0.2, 0.25) is 0 Å². The van der Waals surface area contributed by atoms with Crippen LogP contribution in [0.15, 0.2) is 77.7 Å². The number of carbonyl (C=O) groups is 4. The lowest BCUT2D eigenvalue weighted by Gasteiger charge is -2.36. The first-order valence-corrected chi connectivity index (χ1v) is 18.3. The number of halogens is 5. The predicted octanol–water partition coefficient (Wildman–Crippen LogP) is 5.22. The van der Waals surface area contributed by atoms with Crippen molar-refractivity contribution in [1.29, 1.82) is 0 Å². The minimum atomic E-state index is -4.47. The third-order valence-electron chi connectivity index (χ3n) is 9.95. The number of hydrazine groups is 1. The van der Waals surface area contributed by atoms with Crippen molar-refractivity contribution in [1.82, 2.24) is 40.0 Å². The second-order valence-corrected chi connectivity index (χ2v) is 13.9. The van der Waals surface area contributed by atoms with Crippen LogP contribution >= 0.6 is 0 Å². The van der Waals surface area contributed by atoms with Gasteiger partial charge in [0.15, 0.2) is 11.4 Å². The average Bonchev–Trinajstić information content (AvgIpc) is 3.96. The van der Waals surface area contributed by atoms with Crippen LogP contribution in [-0.2, 0) is 17.9 Å². The van der Waals surface area contributed by atoms with Crippen LogP contribution in [0.4, 0.5) is 43.9 Å². The van der Waals surface area contributed by atoms with Crippen molar-refractivity contribution >= 4 is 40.9 Å². The molecule has 0 atom stereocenters. The predicted molar refractivity (Wildman–Crippen MR) is 199 cm³/mol. The SMILES string of the molecule is O=C1CCN(N2Cc3cc(CN4CCN(c5ccc(-n6cc(NC(=O)c7coc(-c8ccnc(NCC(F)(F)F)c8)n7)c(C(F)F)n6)cc5)CC4)ccc3C2=O)C(=O)N1. The van der Waals surface area contributed by atoms with Gasteiger partial charge in [-0.15, -0.1) is 0 Å². The van der Waals surface area contributed by atoms with E-state index < -0.39 is 36.8 Å². The zero-order valence-corrected chi connectivity index (χ0v) is 30.9. The molecule has 0 radical (unpaired) electrons. The molecule has 5 amide bonds. The first-order chi connectivity index (χ1) is 28.3. The first kappa shape index (κ1) is 38.9. The maximum atomic E-state index is 14.1. The van der Waals surface area contributed by atoms with Crippen LogP contribution in [0.25, 0.3) is 17.1 Å². The van der Waals surface area contributed by atoms with Crippen molar-refractivity contribution in [3.05, 3.63) is 101 Å². The van der Waals surface area contributed by atoms with Crippen molar-refractivity contribution in [3.63, 3.8) is 0 Å². The summed E-state index contributed by atoms with van der Waals surface area (Å²) in [6, 6.07) is 14.9. The van der Waals surface area contributed by atoms with Crippen LogP contribution in [0.5, 0.6) is 0 Å². The standard InChI is InChI=1S/C38H34F5N11O5/c39-33(40)32-28(46-34(56)29-20-59-35(47-29)23-7-9-44-30(16-23)45-21-38(41,42)43)19-52(49-32)26-4-2-25(3-5-26)51-13-11-50(12-14-51)17-22-1-6-27-24(15-22)18-54(36(27)57)53-10-8-31(55)48-37(53)58/h1-7,9,15-16,19-20,33H,8,10-14,17-18,21H2,(H,44,45)(H,46,56)(H,48,55,58). The molecule has 16 nitrogen and oxygen atoms in total. The number of rotatable bonds is 11. The highest BCUT2D eigenvalue weighted by Gasteiger charge is 2.37. The van der Waals surface area contributed by atoms with Gasteiger partial charge in [0.05, 0.1) is 30.7 Å². The largest absolute Gasteiger partial charge is 0.444 e. The fourth-order valence-corrected chi connectivity index (χ4v) is 7.00. The van der Waals surface area contributed by atoms with Gasteiger partial charge in [0.1, 0.15) is 18.6 Å². The molecule has 0 bridgehead atoms. The molecule has 59 heavy (non-hydrogen) atoms. The molecule has 306 valence electrons. The van der Waals surface area contributed by atoms with Gasteiger partial charge in [-0.05, 0) is 53.6 Å². The van der Waals surface area contributed by atoms with Gasteiger partial charge in [-0.3, -0.25) is 24.6 Å². The van der Waals surface area contributed by atoms with Crippen molar-refractivity contribution in [2.45, 2.75) is 32.1 Å². The number of fused-ring (bicyclic) bond motifs is 1. The lowest BCUT2D eigenvalue weighted by Crippen LogP contribution is -2.56. The summed E-state index contributed by atoms with van der Waals surface area (Å²) in [5.41, 5.74) is 2.80. The third-order valence-corrected chi connectivity index (χ3v) is 9.95. The van der Waals surface area contributed by atoms with E-state index in [2.05, 4.69) is 40.8 Å². The van der Waals surface area contributed by atoms with Gasteiger partial charge in [0.2, 0.25) is 11.8 Å². The highest BCUT2D eigenvalue weighted by molar-refractivity contribution is 6.03. The zero-order chi connectivity index (χ0) is 41.4. The highest BCUT2D eigenvalue weighted by atomic mass is 19.4. The van der Waals surface area contributed by atoms with E-state index in [1.54, 1.807) is 18.2 Å². The number of oxazole rings is 1. The van der Waals surface area contributed by atoms with Gasteiger partial charge >= 0.3 is 12.2 Å². The van der Waals surface area contributed by atoms with Crippen molar-refractivity contribution in [2.24, 2.45) is 0 Å². The molecule has 0 unspecified atom stereocenters. The van der Waals surface area contributed by atoms with Crippen molar-refractivity contribution < 1.29 is 45.5 Å². The molecule has 3 aromatic heterocycles. The number of amides is 5. The Bertz CT molecular complexity index is 2410. The Balaban J connectivity index is 0.862. The zero-order valence-electron chi connectivity index (χ0n) is 30.9. The summed E-state index contributed by atoms with van der Waals surface area (Å²) in [7, 11) is 0. The number of anilines is 3. The summed E-state index contributed by atoms with van der Waals surface area (Å²) >= 11 is 0. The number of piperazine rings is 1. The molecule has 0 aliphatic carbocycles. The third kappa shape index (κ3) is 8.54. The maximum Gasteiger partial charge on any atom is 0.405 e. The number of urea groups is 1. The number of nitrogens with zero attached hydrogens (tertiary/aromatic N) is 8. The summed E-state index contributed by atoms with van der Waals surface area (Å²) in [5.74, 6) is -1.72. The number of alkyl halides is 5. The fourth-order valence-electron chi connectivity index (χ4n) is 7.00. The highest BCUT2D eigenvalue weighted by Crippen LogP contribution is 2.30. The van der Waals surface area contributed by atoms with E-state index >= 15 is 0 Å². The molecule has 8 rings (SSSR count). The molecular weight excluding hydrogens is 785 g/mol. The number of hydrogen-bond donors (Lipinski definition) is 3. The quantitative estimate of drug-likeness (QED) is 0.149. The molecular formula is C38H34F5N11O5. The Labute approximate surface area is 331 Å². The number of aromatic nitrogens is 4. The van der Waals surface area contributed by atoms with E-state index in [9.17, 15) is 41.1 Å². The second kappa shape index (κ2) is 15.8. The molecule has 2 fully saturated rings. The summed E-state index contributed by atoms with van der Waals surface area (Å²) in [5, 5.41) is 13.5. The average molecular weight is 820 g/mol. The Hall–Kier alpha value is -6.90.